The summed E-state index contributed by atoms with van der Waals surface area (Å²) in [6, 6.07) is 4.81. The van der Waals surface area contributed by atoms with E-state index in [9.17, 15) is 5.11 Å². The van der Waals surface area contributed by atoms with Gasteiger partial charge in [0.25, 0.3) is 0 Å². The van der Waals surface area contributed by atoms with Crippen molar-refractivity contribution in [3.8, 4) is 5.06 Å². The zero-order valence-electron chi connectivity index (χ0n) is 7.14. The van der Waals surface area contributed by atoms with Gasteiger partial charge in [-0.25, -0.2) is 0 Å². The smallest absolute Gasteiger partial charge is 0.490 e. The molecule has 0 aliphatic heterocycles. The average Bonchev–Trinajstić information content (AvgIpc) is 2.46. The molecule has 2 aromatic rings. The van der Waals surface area contributed by atoms with Gasteiger partial charge in [-0.05, 0) is 11.5 Å². The van der Waals surface area contributed by atoms with Gasteiger partial charge in [0.15, 0.2) is 5.06 Å². The highest BCUT2D eigenvalue weighted by Crippen LogP contribution is 2.33. The fourth-order valence-electron chi connectivity index (χ4n) is 1.35. The second-order valence-corrected chi connectivity index (χ2v) is 3.98. The second kappa shape index (κ2) is 3.16. The van der Waals surface area contributed by atoms with Crippen LogP contribution in [0, 0.1) is 0 Å². The van der Waals surface area contributed by atoms with Gasteiger partial charge in [-0.3, -0.25) is 0 Å². The van der Waals surface area contributed by atoms with Crippen LogP contribution in [0.2, 0.25) is 0 Å². The molecule has 72 valence electrons. The van der Waals surface area contributed by atoms with Gasteiger partial charge in [-0.2, -0.15) is 0 Å². The molecule has 0 fully saturated rings. The Kier molecular flexibility index (Phi) is 2.11. The monoisotopic (exact) mass is 209 g/mol. The van der Waals surface area contributed by atoms with E-state index in [2.05, 4.69) is 0 Å². The quantitative estimate of drug-likeness (QED) is 0.389. The number of rotatable bonds is 1. The van der Waals surface area contributed by atoms with E-state index < -0.39 is 7.12 Å². The van der Waals surface area contributed by atoms with Crippen LogP contribution >= 0.6 is 11.3 Å². The lowest BCUT2D eigenvalue weighted by molar-refractivity contribution is 0.426. The summed E-state index contributed by atoms with van der Waals surface area (Å²) in [4.78, 5) is 0. The van der Waals surface area contributed by atoms with Crippen LogP contribution in [-0.2, 0) is 0 Å². The normalized spacial score (nSPS) is 10.7. The fraction of sp³-hybridized carbons (Fsp3) is 0. The van der Waals surface area contributed by atoms with Crippen LogP contribution in [0.25, 0.3) is 10.1 Å². The van der Waals surface area contributed by atoms with Crippen molar-refractivity contribution < 1.29 is 15.2 Å². The summed E-state index contributed by atoms with van der Waals surface area (Å²) in [5.41, 5.74) is 6.28. The number of benzene rings is 1. The van der Waals surface area contributed by atoms with Crippen molar-refractivity contribution in [3.63, 3.8) is 0 Å². The van der Waals surface area contributed by atoms with E-state index in [1.165, 1.54) is 6.07 Å². The van der Waals surface area contributed by atoms with Gasteiger partial charge in [0, 0.05) is 11.2 Å². The predicted molar refractivity (Wildman–Crippen MR) is 57.7 cm³/mol. The molecular weight excluding hydrogens is 201 g/mol. The minimum Gasteiger partial charge on any atom is -0.499 e. The number of nitrogens with two attached hydrogens (primary N) is 1. The molecule has 1 aromatic carbocycles. The maximum Gasteiger partial charge on any atom is 0.490 e. The molecule has 0 saturated carbocycles. The summed E-state index contributed by atoms with van der Waals surface area (Å²) in [5.74, 6) is 0. The SMILES string of the molecule is Nc1c(B(O)O)ccc2cc(O)sc12. The van der Waals surface area contributed by atoms with Gasteiger partial charge >= 0.3 is 7.12 Å². The molecule has 0 amide bonds. The molecular formula is C8H8BNO3S. The van der Waals surface area contributed by atoms with Gasteiger partial charge in [0.1, 0.15) is 0 Å². The van der Waals surface area contributed by atoms with Crippen LogP contribution in [-0.4, -0.2) is 22.3 Å². The molecule has 0 aliphatic carbocycles. The molecule has 0 radical (unpaired) electrons. The lowest BCUT2D eigenvalue weighted by Gasteiger charge is -2.04. The maximum atomic E-state index is 9.25. The largest absolute Gasteiger partial charge is 0.499 e. The molecule has 0 saturated heterocycles. The molecule has 2 rings (SSSR count). The van der Waals surface area contributed by atoms with E-state index in [4.69, 9.17) is 15.8 Å². The minimum absolute atomic E-state index is 0.163. The zero-order chi connectivity index (χ0) is 10.3. The molecule has 1 aromatic heterocycles. The lowest BCUT2D eigenvalue weighted by Crippen LogP contribution is -2.32. The van der Waals surface area contributed by atoms with Crippen molar-refractivity contribution in [2.24, 2.45) is 0 Å². The van der Waals surface area contributed by atoms with E-state index in [1.807, 2.05) is 0 Å². The summed E-state index contributed by atoms with van der Waals surface area (Å²) >= 11 is 1.12. The van der Waals surface area contributed by atoms with Crippen molar-refractivity contribution in [1.82, 2.24) is 0 Å². The van der Waals surface area contributed by atoms with E-state index in [-0.39, 0.29) is 10.5 Å². The highest BCUT2D eigenvalue weighted by Gasteiger charge is 2.17. The summed E-state index contributed by atoms with van der Waals surface area (Å²) in [7, 11) is -1.58. The van der Waals surface area contributed by atoms with Crippen LogP contribution in [0.1, 0.15) is 0 Å². The van der Waals surface area contributed by atoms with E-state index in [0.29, 0.717) is 10.4 Å². The molecule has 5 N–H and O–H groups in total. The third-order valence-electron chi connectivity index (χ3n) is 2.02. The second-order valence-electron chi connectivity index (χ2n) is 2.95. The zero-order valence-corrected chi connectivity index (χ0v) is 7.95. The van der Waals surface area contributed by atoms with Crippen molar-refractivity contribution >= 4 is 39.7 Å². The van der Waals surface area contributed by atoms with E-state index >= 15 is 0 Å². The molecule has 1 heterocycles. The van der Waals surface area contributed by atoms with Gasteiger partial charge < -0.3 is 20.9 Å². The Balaban J connectivity index is 2.74. The van der Waals surface area contributed by atoms with Crippen LogP contribution in [0.15, 0.2) is 18.2 Å². The number of nitrogen functional groups attached to an aromatic ring is 1. The topological polar surface area (TPSA) is 86.7 Å². The van der Waals surface area contributed by atoms with Crippen molar-refractivity contribution in [3.05, 3.63) is 18.2 Å². The van der Waals surface area contributed by atoms with Crippen LogP contribution in [0.3, 0.4) is 0 Å². The summed E-state index contributed by atoms with van der Waals surface area (Å²) in [6.07, 6.45) is 0. The van der Waals surface area contributed by atoms with Crippen molar-refractivity contribution in [2.75, 3.05) is 5.73 Å². The molecule has 0 atom stereocenters. The summed E-state index contributed by atoms with van der Waals surface area (Å²) < 4.78 is 0.674. The van der Waals surface area contributed by atoms with E-state index in [0.717, 1.165) is 16.7 Å². The third-order valence-corrected chi connectivity index (χ3v) is 3.01. The number of anilines is 1. The van der Waals surface area contributed by atoms with Crippen molar-refractivity contribution in [1.29, 1.82) is 0 Å². The lowest BCUT2D eigenvalue weighted by atomic mass is 9.79. The van der Waals surface area contributed by atoms with Gasteiger partial charge in [-0.15, -0.1) is 0 Å². The Morgan fingerprint density at radius 1 is 1.29 bits per heavy atom. The first-order valence-electron chi connectivity index (χ1n) is 3.96. The molecule has 4 nitrogen and oxygen atoms in total. The molecule has 0 unspecified atom stereocenters. The first-order chi connectivity index (χ1) is 6.59. The van der Waals surface area contributed by atoms with Gasteiger partial charge in [-0.1, -0.05) is 23.5 Å². The first-order valence-corrected chi connectivity index (χ1v) is 4.78. The van der Waals surface area contributed by atoms with Crippen LogP contribution in [0.5, 0.6) is 5.06 Å². The number of thiophene rings is 1. The first kappa shape index (κ1) is 9.33. The Morgan fingerprint density at radius 3 is 2.64 bits per heavy atom. The third kappa shape index (κ3) is 1.33. The number of hydrogen-bond acceptors (Lipinski definition) is 5. The van der Waals surface area contributed by atoms with Crippen LogP contribution in [0.4, 0.5) is 5.69 Å². The number of aromatic hydroxyl groups is 1. The molecule has 0 bridgehead atoms. The van der Waals surface area contributed by atoms with Crippen LogP contribution < -0.4 is 11.2 Å². The van der Waals surface area contributed by atoms with Crippen molar-refractivity contribution in [2.45, 2.75) is 0 Å². The Labute approximate surface area is 84.4 Å². The molecule has 14 heavy (non-hydrogen) atoms. The highest BCUT2D eigenvalue weighted by molar-refractivity contribution is 7.21. The predicted octanol–water partition coefficient (Wildman–Crippen LogP) is -0.131. The Morgan fingerprint density at radius 2 is 2.00 bits per heavy atom. The standard InChI is InChI=1S/C8H8BNO3S/c10-7-5(9(12)13)2-1-4-3-6(11)14-8(4)7/h1-3,11-13H,10H2. The van der Waals surface area contributed by atoms with Gasteiger partial charge in [0.2, 0.25) is 0 Å². The number of hydrogen-bond donors (Lipinski definition) is 4. The minimum atomic E-state index is -1.58. The Hall–Kier alpha value is -1.24. The van der Waals surface area contributed by atoms with E-state index in [1.54, 1.807) is 12.1 Å². The molecule has 6 heteroatoms. The van der Waals surface area contributed by atoms with Gasteiger partial charge in [0.05, 0.1) is 4.70 Å². The highest BCUT2D eigenvalue weighted by atomic mass is 32.1. The fourth-order valence-corrected chi connectivity index (χ4v) is 2.22. The Bertz CT molecular complexity index is 483. The number of fused-ring (bicyclic) bond motifs is 1. The molecule has 0 spiro atoms. The summed E-state index contributed by atoms with van der Waals surface area (Å²) in [5, 5.41) is 28.2. The summed E-state index contributed by atoms with van der Waals surface area (Å²) in [6.45, 7) is 0. The maximum absolute atomic E-state index is 9.25. The average molecular weight is 209 g/mol. The molecule has 0 aliphatic rings.